The summed E-state index contributed by atoms with van der Waals surface area (Å²) in [5.74, 6) is 0.245. The molecule has 0 aliphatic rings. The van der Waals surface area contributed by atoms with Gasteiger partial charge in [0.15, 0.2) is 23.9 Å². The van der Waals surface area contributed by atoms with Gasteiger partial charge in [0.25, 0.3) is 5.91 Å². The summed E-state index contributed by atoms with van der Waals surface area (Å²) in [5.41, 5.74) is 1.46. The van der Waals surface area contributed by atoms with Gasteiger partial charge in [-0.15, -0.1) is 0 Å². The van der Waals surface area contributed by atoms with Crippen molar-refractivity contribution >= 4 is 23.5 Å². The molecule has 0 fully saturated rings. The number of anilines is 1. The number of benzene rings is 2. The van der Waals surface area contributed by atoms with Crippen LogP contribution in [0.4, 0.5) is 5.69 Å². The highest BCUT2D eigenvalue weighted by atomic mass is 16.5. The number of ether oxygens (including phenoxy) is 2. The minimum atomic E-state index is -0.292. The monoisotopic (exact) mass is 420 g/mol. The molecule has 2 rings (SSSR count). The van der Waals surface area contributed by atoms with Crippen LogP contribution in [0.25, 0.3) is 6.08 Å². The third-order valence-corrected chi connectivity index (χ3v) is 4.74. The van der Waals surface area contributed by atoms with E-state index in [0.29, 0.717) is 42.2 Å². The Kier molecular flexibility index (Phi) is 9.31. The fourth-order valence-electron chi connectivity index (χ4n) is 3.07. The molecule has 0 saturated carbocycles. The second kappa shape index (κ2) is 12.2. The van der Waals surface area contributed by atoms with E-state index in [1.807, 2.05) is 45.0 Å². The molecule has 0 aromatic heterocycles. The number of nitrogens with one attached hydrogen (secondary N) is 1. The van der Waals surface area contributed by atoms with E-state index in [9.17, 15) is 14.9 Å². The third-order valence-electron chi connectivity index (χ3n) is 4.74. The molecule has 1 N–H and O–H groups in total. The number of allylic oxidation sites excluding steroid dienone is 1. The molecule has 0 saturated heterocycles. The first-order chi connectivity index (χ1) is 15.0. The lowest BCUT2D eigenvalue weighted by atomic mass is 9.92. The third kappa shape index (κ3) is 7.00. The van der Waals surface area contributed by atoms with E-state index in [1.165, 1.54) is 0 Å². The first-order valence-electron chi connectivity index (χ1n) is 10.4. The molecular formula is C25H28N2O4. The van der Waals surface area contributed by atoms with Gasteiger partial charge >= 0.3 is 0 Å². The maximum absolute atomic E-state index is 12.6. The highest BCUT2D eigenvalue weighted by molar-refractivity contribution is 6.04. The summed E-state index contributed by atoms with van der Waals surface area (Å²) >= 11 is 0. The molecule has 0 spiro atoms. The number of ketones is 1. The Labute approximate surface area is 183 Å². The molecule has 0 radical (unpaired) electrons. The number of carbonyl (C=O) groups excluding carboxylic acids is 2. The number of hydrogen-bond acceptors (Lipinski definition) is 5. The second-order valence-electron chi connectivity index (χ2n) is 6.89. The molecule has 0 atom stereocenters. The van der Waals surface area contributed by atoms with E-state index in [-0.39, 0.29) is 29.8 Å². The highest BCUT2D eigenvalue weighted by Crippen LogP contribution is 2.30. The van der Waals surface area contributed by atoms with E-state index in [0.717, 1.165) is 0 Å². The maximum Gasteiger partial charge on any atom is 0.262 e. The number of rotatable bonds is 11. The van der Waals surface area contributed by atoms with Crippen LogP contribution in [0.2, 0.25) is 0 Å². The zero-order valence-electron chi connectivity index (χ0n) is 18.2. The molecule has 0 heterocycles. The Bertz CT molecular complexity index is 957. The summed E-state index contributed by atoms with van der Waals surface area (Å²) in [4.78, 5) is 24.7. The first-order valence-corrected chi connectivity index (χ1v) is 10.4. The summed E-state index contributed by atoms with van der Waals surface area (Å²) in [6.45, 7) is 5.94. The van der Waals surface area contributed by atoms with E-state index >= 15 is 0 Å². The molecule has 6 nitrogen and oxygen atoms in total. The Balaban J connectivity index is 2.15. The van der Waals surface area contributed by atoms with Crippen molar-refractivity contribution in [3.63, 3.8) is 0 Å². The number of para-hydroxylation sites is 1. The fourth-order valence-corrected chi connectivity index (χ4v) is 3.07. The van der Waals surface area contributed by atoms with Crippen LogP contribution in [-0.2, 0) is 9.59 Å². The lowest BCUT2D eigenvalue weighted by molar-refractivity contribution is -0.119. The fraction of sp³-hybridized carbons (Fsp3) is 0.320. The number of amides is 1. The van der Waals surface area contributed by atoms with Crippen LogP contribution in [0.1, 0.15) is 39.2 Å². The van der Waals surface area contributed by atoms with Gasteiger partial charge in [-0.05, 0) is 55.7 Å². The number of Topliss-reactive ketones (excluding diaryl/α,β-unsaturated/α-hetero) is 1. The van der Waals surface area contributed by atoms with Crippen molar-refractivity contribution in [2.75, 3.05) is 18.5 Å². The lowest BCUT2D eigenvalue weighted by Gasteiger charge is -2.13. The van der Waals surface area contributed by atoms with E-state index < -0.39 is 0 Å². The van der Waals surface area contributed by atoms with Crippen molar-refractivity contribution in [1.29, 1.82) is 5.26 Å². The summed E-state index contributed by atoms with van der Waals surface area (Å²) < 4.78 is 11.3. The smallest absolute Gasteiger partial charge is 0.262 e. The van der Waals surface area contributed by atoms with Crippen molar-refractivity contribution in [2.24, 2.45) is 5.92 Å². The van der Waals surface area contributed by atoms with Crippen molar-refractivity contribution < 1.29 is 19.1 Å². The molecule has 1 amide bonds. The zero-order valence-corrected chi connectivity index (χ0v) is 18.2. The second-order valence-corrected chi connectivity index (χ2v) is 6.89. The van der Waals surface area contributed by atoms with Crippen molar-refractivity contribution in [2.45, 2.75) is 33.6 Å². The largest absolute Gasteiger partial charge is 0.490 e. The maximum atomic E-state index is 12.6. The van der Waals surface area contributed by atoms with Gasteiger partial charge in [-0.1, -0.05) is 38.1 Å². The summed E-state index contributed by atoms with van der Waals surface area (Å²) in [7, 11) is 0. The molecule has 162 valence electrons. The molecule has 31 heavy (non-hydrogen) atoms. The molecule has 2 aromatic rings. The summed E-state index contributed by atoms with van der Waals surface area (Å²) in [5, 5.41) is 12.2. The molecule has 0 bridgehead atoms. The van der Waals surface area contributed by atoms with E-state index in [1.54, 1.807) is 36.4 Å². The molecule has 0 aliphatic carbocycles. The van der Waals surface area contributed by atoms with Gasteiger partial charge in [-0.3, -0.25) is 9.59 Å². The van der Waals surface area contributed by atoms with Crippen molar-refractivity contribution in [3.8, 4) is 17.6 Å². The Morgan fingerprint density at radius 1 is 1.03 bits per heavy atom. The average molecular weight is 421 g/mol. The van der Waals surface area contributed by atoms with Gasteiger partial charge in [-0.25, -0.2) is 0 Å². The van der Waals surface area contributed by atoms with Gasteiger partial charge in [0.1, 0.15) is 6.07 Å². The minimum absolute atomic E-state index is 0.118. The minimum Gasteiger partial charge on any atom is -0.490 e. The summed E-state index contributed by atoms with van der Waals surface area (Å²) in [6.07, 6.45) is 2.95. The number of nitriles is 1. The zero-order chi connectivity index (χ0) is 22.6. The Hall–Kier alpha value is -3.59. The van der Waals surface area contributed by atoms with Crippen LogP contribution in [0, 0.1) is 17.2 Å². The van der Waals surface area contributed by atoms with Gasteiger partial charge in [0, 0.05) is 11.6 Å². The first kappa shape index (κ1) is 23.7. The highest BCUT2D eigenvalue weighted by Gasteiger charge is 2.19. The van der Waals surface area contributed by atoms with E-state index in [2.05, 4.69) is 5.32 Å². The standard InChI is InChI=1S/C25H28N2O4/c1-4-19(5-2)25(29)20(16-26)14-18-12-13-22(23(15-18)30-6-3)31-17-24(28)27-21-10-8-7-9-11-21/h7-15,19H,4-6,17H2,1-3H3,(H,27,28)/b20-14-. The quantitative estimate of drug-likeness (QED) is 0.407. The number of nitrogens with zero attached hydrogens (tertiary/aromatic N) is 1. The predicted molar refractivity (Wildman–Crippen MR) is 121 cm³/mol. The van der Waals surface area contributed by atoms with Crippen molar-refractivity contribution in [1.82, 2.24) is 0 Å². The van der Waals surface area contributed by atoms with E-state index in [4.69, 9.17) is 9.47 Å². The molecule has 6 heteroatoms. The lowest BCUT2D eigenvalue weighted by Crippen LogP contribution is -2.20. The molecule has 0 unspecified atom stereocenters. The average Bonchev–Trinajstić information content (AvgIpc) is 2.78. The van der Waals surface area contributed by atoms with Gasteiger partial charge < -0.3 is 14.8 Å². The van der Waals surface area contributed by atoms with Crippen LogP contribution in [0.15, 0.2) is 54.1 Å². The van der Waals surface area contributed by atoms with Gasteiger partial charge in [-0.2, -0.15) is 5.26 Å². The number of carbonyl (C=O) groups is 2. The topological polar surface area (TPSA) is 88.4 Å². The Morgan fingerprint density at radius 3 is 2.35 bits per heavy atom. The molecular weight excluding hydrogens is 392 g/mol. The van der Waals surface area contributed by atoms with Crippen LogP contribution in [0.3, 0.4) is 0 Å². The Morgan fingerprint density at radius 2 is 1.74 bits per heavy atom. The van der Waals surface area contributed by atoms with Crippen LogP contribution in [-0.4, -0.2) is 24.9 Å². The van der Waals surface area contributed by atoms with Crippen LogP contribution >= 0.6 is 0 Å². The van der Waals surface area contributed by atoms with Crippen LogP contribution < -0.4 is 14.8 Å². The molecule has 2 aromatic carbocycles. The van der Waals surface area contributed by atoms with Gasteiger partial charge in [0.05, 0.1) is 12.2 Å². The summed E-state index contributed by atoms with van der Waals surface area (Å²) in [6, 6.07) is 16.2. The van der Waals surface area contributed by atoms with Crippen molar-refractivity contribution in [3.05, 3.63) is 59.7 Å². The van der Waals surface area contributed by atoms with Crippen LogP contribution in [0.5, 0.6) is 11.5 Å². The normalized spacial score (nSPS) is 11.0. The predicted octanol–water partition coefficient (Wildman–Crippen LogP) is 5.02. The molecule has 0 aliphatic heterocycles. The SMILES string of the molecule is CCOc1cc(/C=C(/C#N)C(=O)C(CC)CC)ccc1OCC(=O)Nc1ccccc1. The van der Waals surface area contributed by atoms with Gasteiger partial charge in [0.2, 0.25) is 0 Å². The number of hydrogen-bond donors (Lipinski definition) is 1.